The molecule has 5 nitrogen and oxygen atoms in total. The van der Waals surface area contributed by atoms with Gasteiger partial charge in [-0.25, -0.2) is 0 Å². The molecule has 1 aliphatic rings. The van der Waals surface area contributed by atoms with Crippen LogP contribution in [0, 0.1) is 5.92 Å². The molecule has 0 unspecified atom stereocenters. The molecule has 1 aliphatic heterocycles. The van der Waals surface area contributed by atoms with Crippen LogP contribution in [0.3, 0.4) is 0 Å². The van der Waals surface area contributed by atoms with Gasteiger partial charge in [-0.2, -0.15) is 8.78 Å². The summed E-state index contributed by atoms with van der Waals surface area (Å²) in [6, 6.07) is 13.6. The molecule has 8 heteroatoms. The first-order valence-corrected chi connectivity index (χ1v) is 9.87. The summed E-state index contributed by atoms with van der Waals surface area (Å²) in [5.74, 6) is -0.678. The summed E-state index contributed by atoms with van der Waals surface area (Å²) in [7, 11) is 0. The van der Waals surface area contributed by atoms with E-state index in [0.717, 1.165) is 5.56 Å². The molecule has 0 spiro atoms. The molecule has 2 amide bonds. The monoisotopic (exact) mass is 434 g/mol. The third kappa shape index (κ3) is 6.03. The number of anilines is 1. The molecule has 0 bridgehead atoms. The molecule has 0 radical (unpaired) electrons. The number of amides is 2. The Kier molecular flexibility index (Phi) is 7.41. The molecule has 1 heterocycles. The predicted molar refractivity (Wildman–Crippen MR) is 111 cm³/mol. The second-order valence-corrected chi connectivity index (χ2v) is 7.26. The lowest BCUT2D eigenvalue weighted by atomic mass is 9.95. The average Bonchev–Trinajstić information content (AvgIpc) is 2.74. The van der Waals surface area contributed by atoms with Gasteiger partial charge in [0, 0.05) is 30.8 Å². The van der Waals surface area contributed by atoms with Gasteiger partial charge < -0.3 is 15.0 Å². The van der Waals surface area contributed by atoms with E-state index in [-0.39, 0.29) is 28.5 Å². The lowest BCUT2D eigenvalue weighted by Gasteiger charge is -2.30. The van der Waals surface area contributed by atoms with Gasteiger partial charge in [-0.1, -0.05) is 41.9 Å². The Balaban J connectivity index is 1.50. The number of ether oxygens (including phenoxy) is 1. The van der Waals surface area contributed by atoms with Gasteiger partial charge in [0.05, 0.1) is 5.02 Å². The molecule has 0 saturated carbocycles. The van der Waals surface area contributed by atoms with Crippen LogP contribution < -0.4 is 10.1 Å². The molecular formula is C22H21ClF2N2O3. The van der Waals surface area contributed by atoms with E-state index in [0.29, 0.717) is 31.6 Å². The van der Waals surface area contributed by atoms with Gasteiger partial charge in [0.2, 0.25) is 11.8 Å². The van der Waals surface area contributed by atoms with Crippen molar-refractivity contribution in [3.05, 3.63) is 65.2 Å². The highest BCUT2D eigenvalue weighted by Crippen LogP contribution is 2.29. The zero-order chi connectivity index (χ0) is 21.5. The number of hydrogen-bond acceptors (Lipinski definition) is 3. The highest BCUT2D eigenvalue weighted by Gasteiger charge is 2.26. The van der Waals surface area contributed by atoms with Crippen LogP contribution in [0.25, 0.3) is 6.08 Å². The minimum atomic E-state index is -2.97. The van der Waals surface area contributed by atoms with E-state index in [9.17, 15) is 18.4 Å². The van der Waals surface area contributed by atoms with Gasteiger partial charge >= 0.3 is 6.61 Å². The number of alkyl halides is 2. The van der Waals surface area contributed by atoms with Crippen LogP contribution in [0.5, 0.6) is 5.75 Å². The zero-order valence-electron chi connectivity index (χ0n) is 16.1. The van der Waals surface area contributed by atoms with E-state index < -0.39 is 6.61 Å². The van der Waals surface area contributed by atoms with Crippen molar-refractivity contribution < 1.29 is 23.1 Å². The second-order valence-electron chi connectivity index (χ2n) is 6.86. The third-order valence-corrected chi connectivity index (χ3v) is 5.11. The maximum absolute atomic E-state index is 12.5. The van der Waals surface area contributed by atoms with E-state index in [1.807, 2.05) is 30.3 Å². The van der Waals surface area contributed by atoms with Crippen LogP contribution in [0.15, 0.2) is 54.6 Å². The standard InChI is InChI=1S/C22H21ClF2N2O3/c23-18-14-17(7-8-19(18)30-22(24)25)26-21(29)16-10-12-27(13-11-16)20(28)9-6-15-4-2-1-3-5-15/h1-9,14,16,22H,10-13H2,(H,26,29)/b9-6+. The lowest BCUT2D eigenvalue weighted by Crippen LogP contribution is -2.40. The van der Waals surface area contributed by atoms with Crippen molar-refractivity contribution in [3.63, 3.8) is 0 Å². The molecule has 1 N–H and O–H groups in total. The normalized spacial score (nSPS) is 14.9. The van der Waals surface area contributed by atoms with E-state index in [1.54, 1.807) is 17.1 Å². The fourth-order valence-corrected chi connectivity index (χ4v) is 3.44. The van der Waals surface area contributed by atoms with Gasteiger partial charge in [-0.15, -0.1) is 0 Å². The SMILES string of the molecule is O=C(Nc1ccc(OC(F)F)c(Cl)c1)C1CCN(C(=O)/C=C/c2ccccc2)CC1. The number of carbonyl (C=O) groups excluding carboxylic acids is 2. The number of carbonyl (C=O) groups is 2. The molecule has 1 saturated heterocycles. The van der Waals surface area contributed by atoms with Crippen molar-refractivity contribution in [1.82, 2.24) is 4.90 Å². The fourth-order valence-electron chi connectivity index (χ4n) is 3.21. The van der Waals surface area contributed by atoms with Gasteiger partial charge in [0.25, 0.3) is 0 Å². The number of likely N-dealkylation sites (tertiary alicyclic amines) is 1. The summed E-state index contributed by atoms with van der Waals surface area (Å²) in [5, 5.41) is 2.72. The van der Waals surface area contributed by atoms with E-state index in [1.165, 1.54) is 18.2 Å². The molecule has 2 aromatic rings. The van der Waals surface area contributed by atoms with Crippen LogP contribution in [0.1, 0.15) is 18.4 Å². The van der Waals surface area contributed by atoms with Crippen molar-refractivity contribution in [1.29, 1.82) is 0 Å². The Morgan fingerprint density at radius 1 is 1.13 bits per heavy atom. The van der Waals surface area contributed by atoms with E-state index in [4.69, 9.17) is 11.6 Å². The fraction of sp³-hybridized carbons (Fsp3) is 0.273. The van der Waals surface area contributed by atoms with Crippen molar-refractivity contribution >= 4 is 35.2 Å². The Bertz CT molecular complexity index is 914. The highest BCUT2D eigenvalue weighted by molar-refractivity contribution is 6.32. The molecule has 1 fully saturated rings. The van der Waals surface area contributed by atoms with Crippen LogP contribution in [0.4, 0.5) is 14.5 Å². The van der Waals surface area contributed by atoms with Crippen LogP contribution in [-0.4, -0.2) is 36.4 Å². The minimum absolute atomic E-state index is 0.0151. The van der Waals surface area contributed by atoms with Crippen LogP contribution in [0.2, 0.25) is 5.02 Å². The van der Waals surface area contributed by atoms with E-state index in [2.05, 4.69) is 10.1 Å². The zero-order valence-corrected chi connectivity index (χ0v) is 16.8. The Morgan fingerprint density at radius 2 is 1.83 bits per heavy atom. The summed E-state index contributed by atoms with van der Waals surface area (Å²) in [4.78, 5) is 26.6. The summed E-state index contributed by atoms with van der Waals surface area (Å²) in [6.07, 6.45) is 4.39. The average molecular weight is 435 g/mol. The molecule has 2 aromatic carbocycles. The van der Waals surface area contributed by atoms with Crippen molar-refractivity contribution in [2.45, 2.75) is 19.5 Å². The number of nitrogens with one attached hydrogen (secondary N) is 1. The first-order chi connectivity index (χ1) is 14.4. The molecular weight excluding hydrogens is 414 g/mol. The van der Waals surface area contributed by atoms with Gasteiger partial charge in [0.15, 0.2) is 0 Å². The number of piperidine rings is 1. The summed E-state index contributed by atoms with van der Waals surface area (Å²) >= 11 is 5.91. The minimum Gasteiger partial charge on any atom is -0.433 e. The number of rotatable bonds is 6. The third-order valence-electron chi connectivity index (χ3n) is 4.81. The summed E-state index contributed by atoms with van der Waals surface area (Å²) in [5.41, 5.74) is 1.35. The molecule has 0 aliphatic carbocycles. The van der Waals surface area contributed by atoms with Gasteiger partial charge in [0.1, 0.15) is 5.75 Å². The Hall–Kier alpha value is -2.93. The van der Waals surface area contributed by atoms with Crippen molar-refractivity contribution in [2.24, 2.45) is 5.92 Å². The van der Waals surface area contributed by atoms with Crippen LogP contribution >= 0.6 is 11.6 Å². The smallest absolute Gasteiger partial charge is 0.387 e. The van der Waals surface area contributed by atoms with Gasteiger partial charge in [-0.05, 0) is 42.7 Å². The first-order valence-electron chi connectivity index (χ1n) is 9.49. The van der Waals surface area contributed by atoms with Crippen molar-refractivity contribution in [3.8, 4) is 5.75 Å². The largest absolute Gasteiger partial charge is 0.433 e. The Morgan fingerprint density at radius 3 is 2.47 bits per heavy atom. The lowest BCUT2D eigenvalue weighted by molar-refractivity contribution is -0.130. The van der Waals surface area contributed by atoms with Crippen LogP contribution in [-0.2, 0) is 9.59 Å². The predicted octanol–water partition coefficient (Wildman–Crippen LogP) is 4.83. The summed E-state index contributed by atoms with van der Waals surface area (Å²) in [6.45, 7) is -2.01. The second kappa shape index (κ2) is 10.2. The Labute approximate surface area is 178 Å². The highest BCUT2D eigenvalue weighted by atomic mass is 35.5. The number of benzene rings is 2. The van der Waals surface area contributed by atoms with E-state index >= 15 is 0 Å². The first kappa shape index (κ1) is 21.8. The molecule has 3 rings (SSSR count). The molecule has 30 heavy (non-hydrogen) atoms. The summed E-state index contributed by atoms with van der Waals surface area (Å²) < 4.78 is 28.9. The maximum atomic E-state index is 12.5. The number of halogens is 3. The molecule has 0 atom stereocenters. The quantitative estimate of drug-likeness (QED) is 0.662. The van der Waals surface area contributed by atoms with Gasteiger partial charge in [-0.3, -0.25) is 9.59 Å². The van der Waals surface area contributed by atoms with Crippen molar-refractivity contribution in [2.75, 3.05) is 18.4 Å². The molecule has 0 aromatic heterocycles. The number of nitrogens with zero attached hydrogens (tertiary/aromatic N) is 1. The number of hydrogen-bond donors (Lipinski definition) is 1. The topological polar surface area (TPSA) is 58.6 Å². The molecule has 158 valence electrons. The maximum Gasteiger partial charge on any atom is 0.387 e.